The molecule has 4 rings (SSSR count). The molecule has 1 fully saturated rings. The van der Waals surface area contributed by atoms with Crippen LogP contribution in [0.15, 0.2) is 58.4 Å². The summed E-state index contributed by atoms with van der Waals surface area (Å²) < 4.78 is 5.54. The Balaban J connectivity index is 1.50. The molecule has 0 N–H and O–H groups in total. The van der Waals surface area contributed by atoms with Crippen LogP contribution in [-0.2, 0) is 9.59 Å². The number of pyridine rings is 1. The Bertz CT molecular complexity index is 1050. The number of non-ortho nitro benzene ring substituents is 1. The molecule has 140 valence electrons. The van der Waals surface area contributed by atoms with Crippen molar-refractivity contribution < 1.29 is 18.9 Å². The number of nitrogens with zero attached hydrogens (tertiary/aromatic N) is 5. The number of benzene rings is 1. The number of hydrogen-bond acceptors (Lipinski definition) is 9. The smallest absolute Gasteiger partial charge is 0.277 e. The lowest BCUT2D eigenvalue weighted by Gasteiger charge is -2.14. The van der Waals surface area contributed by atoms with Gasteiger partial charge >= 0.3 is 0 Å². The largest absolute Gasteiger partial charge is 0.411 e. The fraction of sp³-hybridized carbons (Fsp3) is 0.118. The summed E-state index contributed by atoms with van der Waals surface area (Å²) in [5.41, 5.74) is 0.802. The summed E-state index contributed by atoms with van der Waals surface area (Å²) in [6.07, 6.45) is 3.15. The number of carbonyl (C=O) groups is 2. The van der Waals surface area contributed by atoms with Gasteiger partial charge in [0, 0.05) is 30.9 Å². The zero-order chi connectivity index (χ0) is 19.7. The van der Waals surface area contributed by atoms with E-state index in [0.29, 0.717) is 5.56 Å². The van der Waals surface area contributed by atoms with Gasteiger partial charge in [0.05, 0.1) is 16.2 Å². The highest BCUT2D eigenvalue weighted by atomic mass is 32.2. The first-order valence-corrected chi connectivity index (χ1v) is 8.93. The molecule has 1 saturated heterocycles. The number of thioether (sulfide) groups is 1. The van der Waals surface area contributed by atoms with E-state index in [2.05, 4.69) is 15.2 Å². The normalized spacial score (nSPS) is 16.6. The Morgan fingerprint density at radius 3 is 2.64 bits per heavy atom. The van der Waals surface area contributed by atoms with Crippen LogP contribution in [0.25, 0.3) is 11.5 Å². The molecule has 3 aromatic rings. The van der Waals surface area contributed by atoms with Gasteiger partial charge in [-0.15, -0.1) is 10.2 Å². The summed E-state index contributed by atoms with van der Waals surface area (Å²) in [6.45, 7) is 0. The van der Waals surface area contributed by atoms with Crippen LogP contribution in [0.3, 0.4) is 0 Å². The SMILES string of the molecule is O=C1CC(Sc2nnc(-c3cccnc3)o2)C(=O)N1c1ccc([N+](=O)[O-])cc1. The zero-order valence-electron chi connectivity index (χ0n) is 14.1. The minimum atomic E-state index is -0.718. The lowest BCUT2D eigenvalue weighted by Crippen LogP contribution is -2.31. The first kappa shape index (κ1) is 17.8. The molecule has 1 aromatic carbocycles. The van der Waals surface area contributed by atoms with Crippen LogP contribution in [0.5, 0.6) is 0 Å². The molecule has 0 spiro atoms. The van der Waals surface area contributed by atoms with Crippen molar-refractivity contribution in [2.45, 2.75) is 16.9 Å². The Hall–Kier alpha value is -3.60. The third kappa shape index (κ3) is 3.34. The van der Waals surface area contributed by atoms with E-state index in [4.69, 9.17) is 4.42 Å². The molecular formula is C17H11N5O5S. The minimum Gasteiger partial charge on any atom is -0.411 e. The van der Waals surface area contributed by atoms with Crippen molar-refractivity contribution in [1.29, 1.82) is 0 Å². The van der Waals surface area contributed by atoms with E-state index in [9.17, 15) is 19.7 Å². The van der Waals surface area contributed by atoms with Crippen LogP contribution in [0.2, 0.25) is 0 Å². The second-order valence-corrected chi connectivity index (χ2v) is 6.92. The summed E-state index contributed by atoms with van der Waals surface area (Å²) in [5, 5.41) is 18.0. The summed E-state index contributed by atoms with van der Waals surface area (Å²) in [6, 6.07) is 8.72. The summed E-state index contributed by atoms with van der Waals surface area (Å²) in [4.78, 5) is 40.2. The van der Waals surface area contributed by atoms with Gasteiger partial charge in [-0.2, -0.15) is 0 Å². The van der Waals surface area contributed by atoms with Gasteiger partial charge in [-0.3, -0.25) is 24.7 Å². The molecule has 2 aromatic heterocycles. The lowest BCUT2D eigenvalue weighted by molar-refractivity contribution is -0.384. The van der Waals surface area contributed by atoms with Gasteiger partial charge in [-0.1, -0.05) is 11.8 Å². The van der Waals surface area contributed by atoms with Crippen molar-refractivity contribution in [1.82, 2.24) is 15.2 Å². The van der Waals surface area contributed by atoms with Gasteiger partial charge in [0.2, 0.25) is 17.7 Å². The molecule has 1 unspecified atom stereocenters. The van der Waals surface area contributed by atoms with Crippen LogP contribution in [-0.4, -0.2) is 37.2 Å². The summed E-state index contributed by atoms with van der Waals surface area (Å²) >= 11 is 1.00. The summed E-state index contributed by atoms with van der Waals surface area (Å²) in [7, 11) is 0. The number of amides is 2. The summed E-state index contributed by atoms with van der Waals surface area (Å²) in [5.74, 6) is -0.576. The molecule has 0 saturated carbocycles. The maximum absolute atomic E-state index is 12.7. The maximum Gasteiger partial charge on any atom is 0.277 e. The number of anilines is 1. The Labute approximate surface area is 161 Å². The van der Waals surface area contributed by atoms with Gasteiger partial charge < -0.3 is 4.42 Å². The van der Waals surface area contributed by atoms with Gasteiger partial charge in [0.15, 0.2) is 0 Å². The quantitative estimate of drug-likeness (QED) is 0.361. The minimum absolute atomic E-state index is 0.0366. The first-order valence-electron chi connectivity index (χ1n) is 8.05. The van der Waals surface area contributed by atoms with Gasteiger partial charge in [0.25, 0.3) is 10.9 Å². The molecule has 1 aliphatic rings. The van der Waals surface area contributed by atoms with E-state index in [0.717, 1.165) is 16.7 Å². The lowest BCUT2D eigenvalue weighted by atomic mass is 10.2. The van der Waals surface area contributed by atoms with E-state index in [1.807, 2.05) is 0 Å². The third-order valence-corrected chi connectivity index (χ3v) is 5.00. The third-order valence-electron chi connectivity index (χ3n) is 3.98. The highest BCUT2D eigenvalue weighted by Gasteiger charge is 2.41. The average molecular weight is 397 g/mol. The second-order valence-electron chi connectivity index (χ2n) is 5.77. The van der Waals surface area contributed by atoms with Crippen LogP contribution in [0.1, 0.15) is 6.42 Å². The topological polar surface area (TPSA) is 132 Å². The Morgan fingerprint density at radius 2 is 1.96 bits per heavy atom. The van der Waals surface area contributed by atoms with Crippen LogP contribution < -0.4 is 4.90 Å². The molecule has 0 bridgehead atoms. The Kier molecular flexibility index (Phi) is 4.57. The van der Waals surface area contributed by atoms with E-state index in [-0.39, 0.29) is 28.9 Å². The van der Waals surface area contributed by atoms with Crippen LogP contribution in [0.4, 0.5) is 11.4 Å². The number of nitro groups is 1. The molecular weight excluding hydrogens is 386 g/mol. The van der Waals surface area contributed by atoms with E-state index in [1.54, 1.807) is 24.5 Å². The van der Waals surface area contributed by atoms with Crippen molar-refractivity contribution in [2.24, 2.45) is 0 Å². The Morgan fingerprint density at radius 1 is 1.18 bits per heavy atom. The van der Waals surface area contributed by atoms with Gasteiger partial charge in [0.1, 0.15) is 5.25 Å². The number of rotatable bonds is 5. The zero-order valence-corrected chi connectivity index (χ0v) is 14.9. The van der Waals surface area contributed by atoms with E-state index >= 15 is 0 Å². The predicted molar refractivity (Wildman–Crippen MR) is 97.4 cm³/mol. The highest BCUT2D eigenvalue weighted by molar-refractivity contribution is 8.00. The van der Waals surface area contributed by atoms with Crippen LogP contribution >= 0.6 is 11.8 Å². The monoisotopic (exact) mass is 397 g/mol. The van der Waals surface area contributed by atoms with Crippen molar-refractivity contribution >= 4 is 35.0 Å². The van der Waals surface area contributed by atoms with Crippen LogP contribution in [0, 0.1) is 10.1 Å². The fourth-order valence-electron chi connectivity index (χ4n) is 2.68. The number of hydrogen-bond donors (Lipinski definition) is 0. The van der Waals surface area contributed by atoms with Gasteiger partial charge in [-0.25, -0.2) is 4.90 Å². The second kappa shape index (κ2) is 7.19. The first-order chi connectivity index (χ1) is 13.5. The number of nitro benzene ring substituents is 1. The van der Waals surface area contributed by atoms with Crippen molar-refractivity contribution in [2.75, 3.05) is 4.90 Å². The van der Waals surface area contributed by atoms with E-state index < -0.39 is 22.0 Å². The molecule has 11 heteroatoms. The number of aromatic nitrogens is 3. The van der Waals surface area contributed by atoms with Crippen molar-refractivity contribution in [3.05, 3.63) is 58.9 Å². The molecule has 2 amide bonds. The highest BCUT2D eigenvalue weighted by Crippen LogP contribution is 2.34. The molecule has 3 heterocycles. The molecule has 1 aliphatic heterocycles. The average Bonchev–Trinajstić information content (AvgIpc) is 3.27. The van der Waals surface area contributed by atoms with Gasteiger partial charge in [-0.05, 0) is 24.3 Å². The molecule has 0 aliphatic carbocycles. The maximum atomic E-state index is 12.7. The fourth-order valence-corrected chi connectivity index (χ4v) is 3.57. The van der Waals surface area contributed by atoms with Crippen molar-refractivity contribution in [3.63, 3.8) is 0 Å². The molecule has 28 heavy (non-hydrogen) atoms. The molecule has 1 atom stereocenters. The predicted octanol–water partition coefficient (Wildman–Crippen LogP) is 2.46. The van der Waals surface area contributed by atoms with E-state index in [1.165, 1.54) is 24.3 Å². The standard InChI is InChI=1S/C17H11N5O5S/c23-14-8-13(16(24)21(14)11-3-5-12(6-4-11)22(25)26)28-17-20-19-15(27-17)10-2-1-7-18-9-10/h1-7,9,13H,8H2. The molecule has 10 nitrogen and oxygen atoms in total. The number of imide groups is 1. The number of carbonyl (C=O) groups excluding carboxylic acids is 2. The molecule has 0 radical (unpaired) electrons. The van der Waals surface area contributed by atoms with Crippen molar-refractivity contribution in [3.8, 4) is 11.5 Å².